The lowest BCUT2D eigenvalue weighted by Gasteiger charge is -2.22. The van der Waals surface area contributed by atoms with Crippen LogP contribution in [0.4, 0.5) is 0 Å². The molecule has 1 fully saturated rings. The maximum atomic E-state index is 8.98. The first-order valence-corrected chi connectivity index (χ1v) is 34.4. The first kappa shape index (κ1) is 55.4. The van der Waals surface area contributed by atoms with Gasteiger partial charge in [0.05, 0.1) is 0 Å². The van der Waals surface area contributed by atoms with Crippen molar-refractivity contribution in [1.29, 1.82) is 0 Å². The highest BCUT2D eigenvalue weighted by Gasteiger charge is 2.21. The molecule has 4 nitrogen and oxygen atoms in total. The molecule has 4 aromatic heterocycles. The molecule has 98 heavy (non-hydrogen) atoms. The average Bonchev–Trinajstić information content (AvgIpc) is 0.723. The van der Waals surface area contributed by atoms with E-state index in [1.807, 2.05) is 98.6 Å². The van der Waals surface area contributed by atoms with Gasteiger partial charge in [-0.1, -0.05) is 223 Å². The number of rotatable bonds is 13. The molecule has 498 valence electrons. The van der Waals surface area contributed by atoms with Crippen LogP contribution < -0.4 is 18.3 Å². The highest BCUT2D eigenvalue weighted by Crippen LogP contribution is 2.36. The molecule has 0 saturated heterocycles. The molecule has 0 spiro atoms. The van der Waals surface area contributed by atoms with Gasteiger partial charge in [0.1, 0.15) is 28.2 Å². The van der Waals surface area contributed by atoms with Crippen molar-refractivity contribution < 1.29 is 36.1 Å². The van der Waals surface area contributed by atoms with Crippen LogP contribution in [0, 0.1) is 41.5 Å². The fraction of sp³-hybridized carbons (Fsp3) is 0.277. The van der Waals surface area contributed by atoms with Crippen LogP contribution in [0.3, 0.4) is 0 Å². The van der Waals surface area contributed by atoms with E-state index in [4.69, 9.17) is 17.8 Å². The molecule has 12 aromatic rings. The number of aryl methyl sites for hydroxylation is 12. The van der Waals surface area contributed by atoms with Gasteiger partial charge in [0.2, 0.25) is 22.8 Å². The van der Waals surface area contributed by atoms with Crippen LogP contribution in [0.1, 0.15) is 170 Å². The molecule has 0 amide bonds. The summed E-state index contributed by atoms with van der Waals surface area (Å²) in [6.07, 6.45) is 7.50. The lowest BCUT2D eigenvalue weighted by Crippen LogP contribution is -2.30. The van der Waals surface area contributed by atoms with Gasteiger partial charge in [-0.2, -0.15) is 0 Å². The van der Waals surface area contributed by atoms with E-state index in [0.29, 0.717) is 17.5 Å². The third kappa shape index (κ3) is 17.7. The SMILES string of the molecule is CCc1cc(CC)cc(-c2ccc(-c3ccccc3C)[n+](C)c2)c1.Cc1cc(C)cc(-c2ccc(-c3ccccc3C)[n+](C)c2)c1.[2H]C([2H])([2H])C([2H])(C)c1cc(-c2ccc(-c3ccccc3C)[n+](C)c2)cc(C([2H])(C)C([2H])([2H])[2H])c1.[2H]C1([2H])CCCC([2H])([2H])C1([2H])c1cccc(-c2ccc(-c3ccccc3C)[n+](C)c2)c1. The Labute approximate surface area is 607 Å². The minimum atomic E-state index is -2.64. The molecule has 1 aliphatic rings. The number of nitrogens with zero attached hydrogens (tertiary/aromatic N) is 4. The topological polar surface area (TPSA) is 15.5 Å². The second kappa shape index (κ2) is 33.1. The second-order valence-corrected chi connectivity index (χ2v) is 26.2. The third-order valence-corrected chi connectivity index (χ3v) is 18.5. The second-order valence-electron chi connectivity index (χ2n) is 26.2. The zero-order valence-electron chi connectivity index (χ0n) is 73.0. The van der Waals surface area contributed by atoms with Gasteiger partial charge in [-0.25, -0.2) is 18.3 Å². The highest BCUT2D eigenvalue weighted by molar-refractivity contribution is 5.71. The van der Waals surface area contributed by atoms with Crippen LogP contribution in [0.25, 0.3) is 89.5 Å². The van der Waals surface area contributed by atoms with Crippen molar-refractivity contribution in [2.75, 3.05) is 0 Å². The summed E-state index contributed by atoms with van der Waals surface area (Å²) in [5, 5.41) is 0. The molecule has 4 heteroatoms. The predicted octanol–water partition coefficient (Wildman–Crippen LogP) is 22.7. The molecule has 13 rings (SSSR count). The number of hydrogen-bond acceptors (Lipinski definition) is 0. The maximum Gasteiger partial charge on any atom is 0.212 e. The van der Waals surface area contributed by atoms with Gasteiger partial charge in [0.25, 0.3) is 0 Å². The Morgan fingerprint density at radius 1 is 0.367 bits per heavy atom. The summed E-state index contributed by atoms with van der Waals surface area (Å²) in [4.78, 5) is 0. The molecule has 1 saturated carbocycles. The zero-order valence-corrected chi connectivity index (χ0v) is 60.0. The van der Waals surface area contributed by atoms with Crippen molar-refractivity contribution in [2.24, 2.45) is 28.2 Å². The molecule has 1 aliphatic carbocycles. The maximum absolute atomic E-state index is 8.98. The van der Waals surface area contributed by atoms with Gasteiger partial charge in [-0.15, -0.1) is 0 Å². The van der Waals surface area contributed by atoms with Crippen molar-refractivity contribution in [1.82, 2.24) is 0 Å². The normalized spacial score (nSPS) is 16.9. The quantitative estimate of drug-likeness (QED) is 0.102. The van der Waals surface area contributed by atoms with E-state index in [-0.39, 0.29) is 24.0 Å². The minimum absolute atomic E-state index is 0.147. The fourth-order valence-corrected chi connectivity index (χ4v) is 13.0. The highest BCUT2D eigenvalue weighted by atomic mass is 14.9. The minimum Gasteiger partial charge on any atom is -0.200 e. The van der Waals surface area contributed by atoms with Crippen molar-refractivity contribution in [2.45, 2.75) is 145 Å². The summed E-state index contributed by atoms with van der Waals surface area (Å²) in [5.41, 5.74) is 28.7. The van der Waals surface area contributed by atoms with E-state index in [2.05, 4.69) is 216 Å². The van der Waals surface area contributed by atoms with Gasteiger partial charge in [0, 0.05) is 86.6 Å². The van der Waals surface area contributed by atoms with E-state index in [0.717, 1.165) is 52.0 Å². The molecule has 0 radical (unpaired) electrons. The van der Waals surface area contributed by atoms with Gasteiger partial charge in [-0.3, -0.25) is 0 Å². The predicted molar refractivity (Wildman–Crippen MR) is 415 cm³/mol. The summed E-state index contributed by atoms with van der Waals surface area (Å²) >= 11 is 0. The Morgan fingerprint density at radius 2 is 0.714 bits per heavy atom. The number of aromatic nitrogens is 4. The van der Waals surface area contributed by atoms with E-state index < -0.39 is 44.1 Å². The Bertz CT molecular complexity index is 5240. The molecule has 2 unspecified atom stereocenters. The van der Waals surface area contributed by atoms with E-state index in [1.165, 1.54) is 109 Å². The summed E-state index contributed by atoms with van der Waals surface area (Å²) in [6.45, 7) is 14.5. The largest absolute Gasteiger partial charge is 0.212 e. The average molecular weight is 1300 g/mol. The Kier molecular flexibility index (Phi) is 18.7. The fourth-order valence-electron chi connectivity index (χ4n) is 13.0. The van der Waals surface area contributed by atoms with Crippen LogP contribution in [0.5, 0.6) is 0 Å². The van der Waals surface area contributed by atoms with Gasteiger partial charge >= 0.3 is 0 Å². The monoisotopic (exact) mass is 1300 g/mol. The summed E-state index contributed by atoms with van der Waals surface area (Å²) < 4.78 is 116. The van der Waals surface area contributed by atoms with Crippen LogP contribution in [0.15, 0.2) is 249 Å². The number of hydrogen-bond donors (Lipinski definition) is 0. The Hall–Kier alpha value is -9.64. The van der Waals surface area contributed by atoms with Crippen molar-refractivity contribution in [3.63, 3.8) is 0 Å². The van der Waals surface area contributed by atoms with Crippen molar-refractivity contribution >= 4 is 0 Å². The molecule has 0 bridgehead atoms. The first-order chi connectivity index (χ1) is 52.2. The molecule has 2 atom stereocenters. The summed E-state index contributed by atoms with van der Waals surface area (Å²) in [7, 11) is 8.16. The van der Waals surface area contributed by atoms with Crippen LogP contribution >= 0.6 is 0 Å². The molecule has 0 aliphatic heterocycles. The molecular formula is C94H106N4+4. The van der Waals surface area contributed by atoms with Crippen LogP contribution in [0.2, 0.25) is 0 Å². The lowest BCUT2D eigenvalue weighted by atomic mass is 9.83. The van der Waals surface area contributed by atoms with E-state index >= 15 is 0 Å². The van der Waals surface area contributed by atoms with Crippen LogP contribution in [-0.2, 0) is 41.0 Å². The Morgan fingerprint density at radius 3 is 1.06 bits per heavy atom. The van der Waals surface area contributed by atoms with Gasteiger partial charge in [-0.05, 0) is 206 Å². The van der Waals surface area contributed by atoms with E-state index in [9.17, 15) is 0 Å². The molecule has 8 aromatic carbocycles. The van der Waals surface area contributed by atoms with Crippen molar-refractivity contribution in [3.05, 3.63) is 310 Å². The number of pyridine rings is 4. The molecule has 0 N–H and O–H groups in total. The van der Waals surface area contributed by atoms with E-state index in [1.54, 1.807) is 30.3 Å². The molecule has 4 heterocycles. The van der Waals surface area contributed by atoms with Crippen molar-refractivity contribution in [3.8, 4) is 89.5 Å². The summed E-state index contributed by atoms with van der Waals surface area (Å²) in [6, 6.07) is 75.7. The smallest absolute Gasteiger partial charge is 0.200 e. The zero-order chi connectivity index (χ0) is 80.9. The third-order valence-electron chi connectivity index (χ3n) is 18.5. The van der Waals surface area contributed by atoms with Gasteiger partial charge < -0.3 is 0 Å². The molecular weight excluding hydrogens is 1190 g/mol. The lowest BCUT2D eigenvalue weighted by molar-refractivity contribution is -0.660. The standard InChI is InChI=1S/C25H28N.C25H30N.C23H26N.C21H22N/c1-19-9-6-7-14-24(19)25-16-15-23(18-26(25)2)22-13-8-12-21(17-22)20-10-4-3-5-11-20;1-17(2)21-13-22(18(3)4)15-23(14-21)20-11-12-25(26(6)16-20)24-10-8-7-9-19(24)5;1-5-18-13-19(6-2)15-21(14-18)20-11-12-23(24(4)16-20)22-10-8-7-9-17(22)3;1-15-11-16(2)13-19(12-15)18-9-10-21(22(4)14-18)20-8-6-5-7-17(20)3/h6-9,12-18,20H,3-5,10-11H2,1-2H3;7-18H,1-6H3;7-16H,5-6H2,1-4H3;5-14H,1-4H3/q4*+1/i10D2,11D2,20D;1D3,3D3,17D,18D;;. The van der Waals surface area contributed by atoms with Crippen LogP contribution in [-0.4, -0.2) is 0 Å². The Balaban J connectivity index is 0.000000159. The summed E-state index contributed by atoms with van der Waals surface area (Å²) in [5.74, 6) is -5.91. The number of benzene rings is 8. The van der Waals surface area contributed by atoms with Gasteiger partial charge in [0.15, 0.2) is 24.8 Å². The first-order valence-electron chi connectivity index (χ1n) is 40.9.